The van der Waals surface area contributed by atoms with Crippen molar-refractivity contribution < 1.29 is 38.2 Å². The molecule has 2 N–H and O–H groups in total. The van der Waals surface area contributed by atoms with E-state index in [4.69, 9.17) is 14.0 Å². The molecule has 0 spiro atoms. The zero-order valence-electron chi connectivity index (χ0n) is 21.2. The highest BCUT2D eigenvalue weighted by atomic mass is 32.2. The monoisotopic (exact) mass is 568 g/mol. The number of para-hydroxylation sites is 1. The molecule has 2 aromatic carbocycles. The van der Waals surface area contributed by atoms with E-state index in [1.165, 1.54) is 11.8 Å². The molecule has 202 valence electrons. The van der Waals surface area contributed by atoms with Crippen LogP contribution in [0, 0.1) is 6.92 Å². The Labute approximate surface area is 231 Å². The summed E-state index contributed by atoms with van der Waals surface area (Å²) < 4.78 is 16.2. The molecule has 0 aliphatic rings. The lowest BCUT2D eigenvalue weighted by Crippen LogP contribution is -2.34. The number of carbonyl (C=O) groups is 3. The second kappa shape index (κ2) is 12.5. The van der Waals surface area contributed by atoms with Gasteiger partial charge in [-0.1, -0.05) is 30.0 Å². The molecule has 4 aromatic rings. The predicted octanol–water partition coefficient (Wildman–Crippen LogP) is 3.56. The van der Waals surface area contributed by atoms with Crippen LogP contribution in [0.5, 0.6) is 11.7 Å². The molecule has 11 nitrogen and oxygen atoms in total. The lowest BCUT2D eigenvalue weighted by atomic mass is 10.1. The van der Waals surface area contributed by atoms with Gasteiger partial charge in [-0.05, 0) is 41.4 Å². The molecule has 39 heavy (non-hydrogen) atoms. The van der Waals surface area contributed by atoms with Gasteiger partial charge in [-0.3, -0.25) is 9.59 Å². The second-order valence-corrected chi connectivity index (χ2v) is 10.1. The lowest BCUT2D eigenvalue weighted by molar-refractivity contribution is -0.705. The van der Waals surface area contributed by atoms with Crippen molar-refractivity contribution in [1.29, 1.82) is 0 Å². The summed E-state index contributed by atoms with van der Waals surface area (Å²) in [7, 11) is 2.77. The molecule has 0 saturated heterocycles. The summed E-state index contributed by atoms with van der Waals surface area (Å²) in [6, 6.07) is 15.8. The van der Waals surface area contributed by atoms with Crippen molar-refractivity contribution in [1.82, 2.24) is 5.27 Å². The van der Waals surface area contributed by atoms with Crippen LogP contribution in [0.3, 0.4) is 0 Å². The number of rotatable bonds is 10. The summed E-state index contributed by atoms with van der Waals surface area (Å²) >= 11 is 2.08. The minimum Gasteiger partial charge on any atom is -0.538 e. The number of hydrogen-bond acceptors (Lipinski definition) is 10. The van der Waals surface area contributed by atoms with Crippen molar-refractivity contribution in [3.8, 4) is 17.4 Å². The Morgan fingerprint density at radius 3 is 2.46 bits per heavy atom. The van der Waals surface area contributed by atoms with Gasteiger partial charge >= 0.3 is 5.97 Å². The van der Waals surface area contributed by atoms with Crippen molar-refractivity contribution in [2.45, 2.75) is 18.4 Å². The van der Waals surface area contributed by atoms with Gasteiger partial charge in [0.05, 0.1) is 29.9 Å². The van der Waals surface area contributed by atoms with E-state index in [0.29, 0.717) is 22.7 Å². The summed E-state index contributed by atoms with van der Waals surface area (Å²) in [5, 5.41) is 21.9. The minimum absolute atomic E-state index is 0.000997. The smallest absolute Gasteiger partial charge is 0.341 e. The average molecular weight is 569 g/mol. The van der Waals surface area contributed by atoms with Crippen LogP contribution in [0.4, 0.5) is 10.7 Å². The van der Waals surface area contributed by atoms with E-state index < -0.39 is 23.7 Å². The number of nitrogens with zero attached hydrogens (tertiary/aromatic N) is 2. The molecule has 13 heteroatoms. The van der Waals surface area contributed by atoms with Gasteiger partial charge < -0.3 is 29.7 Å². The first kappa shape index (κ1) is 27.7. The zero-order valence-corrected chi connectivity index (χ0v) is 22.8. The van der Waals surface area contributed by atoms with E-state index in [2.05, 4.69) is 15.9 Å². The number of carbonyl (C=O) groups excluding carboxylic acids is 3. The number of esters is 1. The normalized spacial score (nSPS) is 10.6. The molecular formula is C26H24N4O7S2. The van der Waals surface area contributed by atoms with Crippen molar-refractivity contribution in [2.24, 2.45) is 0 Å². The number of ether oxygens (including phenoxy) is 2. The van der Waals surface area contributed by atoms with Crippen LogP contribution in [0.15, 0.2) is 64.1 Å². The fourth-order valence-corrected chi connectivity index (χ4v) is 5.56. The van der Waals surface area contributed by atoms with Crippen molar-refractivity contribution in [2.75, 3.05) is 30.6 Å². The highest BCUT2D eigenvalue weighted by molar-refractivity contribution is 7.99. The number of anilines is 2. The maximum absolute atomic E-state index is 12.9. The number of thioether (sulfide) groups is 1. The maximum Gasteiger partial charge on any atom is 0.341 e. The van der Waals surface area contributed by atoms with Crippen molar-refractivity contribution in [3.63, 3.8) is 0 Å². The number of amides is 2. The number of thiophene rings is 1. The van der Waals surface area contributed by atoms with Crippen LogP contribution in [0.25, 0.3) is 5.69 Å². The van der Waals surface area contributed by atoms with Crippen molar-refractivity contribution >= 4 is 51.6 Å². The molecule has 0 aliphatic heterocycles. The molecule has 0 fully saturated rings. The summed E-state index contributed by atoms with van der Waals surface area (Å²) in [6.07, 6.45) is 0.000997. The SMILES string of the molecule is COC(=O)c1c(NC(=O)CCSc2c([O-])on[n+]2-c2ccc(OC)cc2)sc(C(=O)Nc2ccccc2)c1C. The molecule has 0 saturated carbocycles. The first-order valence-corrected chi connectivity index (χ1v) is 13.4. The quantitative estimate of drug-likeness (QED) is 0.166. The van der Waals surface area contributed by atoms with Gasteiger partial charge in [0.2, 0.25) is 11.6 Å². The van der Waals surface area contributed by atoms with E-state index >= 15 is 0 Å². The fourth-order valence-electron chi connectivity index (χ4n) is 3.55. The molecule has 4 rings (SSSR count). The molecule has 0 aliphatic carbocycles. The maximum atomic E-state index is 12.9. The number of methoxy groups -OCH3 is 2. The Kier molecular flexibility index (Phi) is 8.84. The van der Waals surface area contributed by atoms with Crippen LogP contribution in [0.2, 0.25) is 0 Å². The van der Waals surface area contributed by atoms with Gasteiger partial charge in [-0.25, -0.2) is 4.79 Å². The van der Waals surface area contributed by atoms with Gasteiger partial charge in [-0.15, -0.1) is 11.3 Å². The Morgan fingerprint density at radius 2 is 1.79 bits per heavy atom. The van der Waals surface area contributed by atoms with Crippen LogP contribution in [0.1, 0.15) is 32.0 Å². The first-order chi connectivity index (χ1) is 18.8. The molecule has 2 heterocycles. The molecule has 0 bridgehead atoms. The largest absolute Gasteiger partial charge is 0.538 e. The second-order valence-electron chi connectivity index (χ2n) is 7.99. The van der Waals surface area contributed by atoms with Crippen LogP contribution in [-0.4, -0.2) is 43.0 Å². The molecule has 0 atom stereocenters. The Balaban J connectivity index is 1.44. The van der Waals surface area contributed by atoms with Crippen LogP contribution in [-0.2, 0) is 9.53 Å². The first-order valence-electron chi connectivity index (χ1n) is 11.6. The van der Waals surface area contributed by atoms with E-state index in [9.17, 15) is 19.5 Å². The summed E-state index contributed by atoms with van der Waals surface area (Å²) in [5.74, 6) is -1.27. The Hall–Kier alpha value is -4.36. The summed E-state index contributed by atoms with van der Waals surface area (Å²) in [5.41, 5.74) is 1.69. The van der Waals surface area contributed by atoms with Gasteiger partial charge in [0, 0.05) is 30.0 Å². The lowest BCUT2D eigenvalue weighted by Gasteiger charge is -2.06. The summed E-state index contributed by atoms with van der Waals surface area (Å²) in [6.45, 7) is 1.62. The molecule has 0 radical (unpaired) electrons. The predicted molar refractivity (Wildman–Crippen MR) is 143 cm³/mol. The van der Waals surface area contributed by atoms with Crippen LogP contribution >= 0.6 is 23.1 Å². The third kappa shape index (κ3) is 6.38. The third-order valence-electron chi connectivity index (χ3n) is 5.48. The number of benzene rings is 2. The van der Waals surface area contributed by atoms with E-state index in [1.54, 1.807) is 62.6 Å². The molecule has 2 aromatic heterocycles. The van der Waals surface area contributed by atoms with E-state index in [-0.39, 0.29) is 32.6 Å². The molecular weight excluding hydrogens is 544 g/mol. The van der Waals surface area contributed by atoms with Gasteiger partial charge in [0.15, 0.2) is 5.95 Å². The number of nitrogens with one attached hydrogen (secondary N) is 2. The summed E-state index contributed by atoms with van der Waals surface area (Å²) in [4.78, 5) is 38.4. The highest BCUT2D eigenvalue weighted by Gasteiger charge is 2.27. The number of hydrogen-bond donors (Lipinski definition) is 2. The highest BCUT2D eigenvalue weighted by Crippen LogP contribution is 2.34. The molecule has 0 unspecified atom stereocenters. The average Bonchev–Trinajstić information content (AvgIpc) is 3.47. The van der Waals surface area contributed by atoms with Gasteiger partial charge in [-0.2, -0.15) is 0 Å². The third-order valence-corrected chi connectivity index (χ3v) is 7.71. The fraction of sp³-hybridized carbons (Fsp3) is 0.192. The van der Waals surface area contributed by atoms with Crippen LogP contribution < -0.4 is 25.2 Å². The van der Waals surface area contributed by atoms with Crippen molar-refractivity contribution in [3.05, 3.63) is 70.6 Å². The topological polar surface area (TPSA) is 147 Å². The standard InChI is InChI=1S/C26H24N4O7S2/c1-15-20(25(33)36-3)23(39-21(15)22(32)27-16-7-5-4-6-8-16)28-19(31)13-14-38-24-26(34)37-29-30(24)17-9-11-18(35-2)12-10-17/h4-12H,13-14H2,1-3H3,(H2-,27,28,29,31,32,33,34). The minimum atomic E-state index is -0.673. The molecule has 2 amide bonds. The van der Waals surface area contributed by atoms with Gasteiger partial charge in [0.1, 0.15) is 10.8 Å². The Morgan fingerprint density at radius 1 is 1.08 bits per heavy atom. The zero-order chi connectivity index (χ0) is 27.9. The van der Waals surface area contributed by atoms with Gasteiger partial charge in [0.25, 0.3) is 10.9 Å². The number of aromatic nitrogens is 2. The Bertz CT molecular complexity index is 1480. The van der Waals surface area contributed by atoms with E-state index in [1.807, 2.05) is 6.07 Å². The van der Waals surface area contributed by atoms with E-state index in [0.717, 1.165) is 23.1 Å².